The van der Waals surface area contributed by atoms with Crippen molar-refractivity contribution in [1.82, 2.24) is 4.98 Å². The Morgan fingerprint density at radius 1 is 1.35 bits per heavy atom. The molecule has 0 radical (unpaired) electrons. The van der Waals surface area contributed by atoms with Crippen LogP contribution < -0.4 is 10.1 Å². The van der Waals surface area contributed by atoms with Gasteiger partial charge in [0.05, 0.1) is 25.6 Å². The lowest BCUT2D eigenvalue weighted by molar-refractivity contribution is 0.0595. The number of nitrogens with one attached hydrogen (secondary N) is 1. The van der Waals surface area contributed by atoms with Crippen LogP contribution >= 0.6 is 0 Å². The molecule has 1 atom stereocenters. The number of benzene rings is 1. The second-order valence-electron chi connectivity index (χ2n) is 5.73. The third-order valence-electron chi connectivity index (χ3n) is 4.11. The zero-order chi connectivity index (χ0) is 16.1. The SMILES string of the molecule is COc1cc(F)ccc1-c1ccncc1NCC1CCCOC1. The fourth-order valence-electron chi connectivity index (χ4n) is 2.88. The fraction of sp³-hybridized carbons (Fsp3) is 0.389. The number of hydrogen-bond donors (Lipinski definition) is 1. The van der Waals surface area contributed by atoms with Crippen LogP contribution in [0.2, 0.25) is 0 Å². The first-order valence-electron chi connectivity index (χ1n) is 7.87. The van der Waals surface area contributed by atoms with Crippen LogP contribution in [0.5, 0.6) is 5.75 Å². The van der Waals surface area contributed by atoms with Gasteiger partial charge in [-0.1, -0.05) is 0 Å². The van der Waals surface area contributed by atoms with E-state index in [0.29, 0.717) is 11.7 Å². The van der Waals surface area contributed by atoms with Crippen LogP contribution in [0.3, 0.4) is 0 Å². The van der Waals surface area contributed by atoms with Gasteiger partial charge in [-0.2, -0.15) is 0 Å². The first-order valence-corrected chi connectivity index (χ1v) is 7.87. The zero-order valence-corrected chi connectivity index (χ0v) is 13.2. The van der Waals surface area contributed by atoms with Gasteiger partial charge in [0.25, 0.3) is 0 Å². The topological polar surface area (TPSA) is 43.4 Å². The van der Waals surface area contributed by atoms with Crippen molar-refractivity contribution < 1.29 is 13.9 Å². The van der Waals surface area contributed by atoms with Crippen molar-refractivity contribution >= 4 is 5.69 Å². The first kappa shape index (κ1) is 15.7. The average molecular weight is 316 g/mol. The van der Waals surface area contributed by atoms with Crippen LogP contribution in [0, 0.1) is 11.7 Å². The second-order valence-corrected chi connectivity index (χ2v) is 5.73. The van der Waals surface area contributed by atoms with E-state index >= 15 is 0 Å². The van der Waals surface area contributed by atoms with E-state index in [4.69, 9.17) is 9.47 Å². The molecule has 5 heteroatoms. The molecular formula is C18H21FN2O2. The first-order chi connectivity index (χ1) is 11.3. The third-order valence-corrected chi connectivity index (χ3v) is 4.11. The summed E-state index contributed by atoms with van der Waals surface area (Å²) in [6, 6.07) is 6.49. The van der Waals surface area contributed by atoms with E-state index < -0.39 is 0 Å². The van der Waals surface area contributed by atoms with Gasteiger partial charge in [0, 0.05) is 36.5 Å². The molecule has 1 unspecified atom stereocenters. The van der Waals surface area contributed by atoms with Gasteiger partial charge in [0.1, 0.15) is 11.6 Å². The van der Waals surface area contributed by atoms with Crippen LogP contribution in [0.25, 0.3) is 11.1 Å². The maximum atomic E-state index is 13.4. The summed E-state index contributed by atoms with van der Waals surface area (Å²) in [6.45, 7) is 2.49. The van der Waals surface area contributed by atoms with Crippen LogP contribution in [0.1, 0.15) is 12.8 Å². The van der Waals surface area contributed by atoms with Gasteiger partial charge < -0.3 is 14.8 Å². The van der Waals surface area contributed by atoms with Gasteiger partial charge in [-0.05, 0) is 37.0 Å². The Labute approximate surface area is 135 Å². The molecule has 0 saturated carbocycles. The summed E-state index contributed by atoms with van der Waals surface area (Å²) >= 11 is 0. The fourth-order valence-corrected chi connectivity index (χ4v) is 2.88. The maximum Gasteiger partial charge on any atom is 0.129 e. The summed E-state index contributed by atoms with van der Waals surface area (Å²) in [5.74, 6) is 0.709. The van der Waals surface area contributed by atoms with Gasteiger partial charge >= 0.3 is 0 Å². The number of rotatable bonds is 5. The summed E-state index contributed by atoms with van der Waals surface area (Å²) in [5.41, 5.74) is 2.72. The number of nitrogens with zero attached hydrogens (tertiary/aromatic N) is 1. The molecular weight excluding hydrogens is 295 g/mol. The quantitative estimate of drug-likeness (QED) is 0.912. The summed E-state index contributed by atoms with van der Waals surface area (Å²) in [5, 5.41) is 3.46. The second kappa shape index (κ2) is 7.42. The van der Waals surface area contributed by atoms with Gasteiger partial charge in [0.15, 0.2) is 0 Å². The Bertz CT molecular complexity index is 657. The minimum Gasteiger partial charge on any atom is -0.496 e. The molecule has 1 N–H and O–H groups in total. The van der Waals surface area contributed by atoms with Crippen LogP contribution in [-0.4, -0.2) is 31.9 Å². The minimum atomic E-state index is -0.312. The standard InChI is InChI=1S/C18H21FN2O2/c1-22-18-9-14(19)4-5-16(18)15-6-7-20-11-17(15)21-10-13-3-2-8-23-12-13/h4-7,9,11,13,21H,2-3,8,10,12H2,1H3. The molecule has 0 spiro atoms. The van der Waals surface area contributed by atoms with Gasteiger partial charge in [-0.25, -0.2) is 4.39 Å². The highest BCUT2D eigenvalue weighted by molar-refractivity contribution is 5.81. The average Bonchev–Trinajstić information content (AvgIpc) is 2.61. The highest BCUT2D eigenvalue weighted by atomic mass is 19.1. The Morgan fingerprint density at radius 2 is 2.26 bits per heavy atom. The van der Waals surface area contributed by atoms with E-state index in [1.807, 2.05) is 6.07 Å². The lowest BCUT2D eigenvalue weighted by atomic mass is 10.0. The summed E-state index contributed by atoms with van der Waals surface area (Å²) in [7, 11) is 1.55. The molecule has 4 nitrogen and oxygen atoms in total. The molecule has 1 fully saturated rings. The predicted octanol–water partition coefficient (Wildman–Crippen LogP) is 3.73. The van der Waals surface area contributed by atoms with Crippen LogP contribution in [0.4, 0.5) is 10.1 Å². The number of aromatic nitrogens is 1. The predicted molar refractivity (Wildman–Crippen MR) is 88.2 cm³/mol. The van der Waals surface area contributed by atoms with Crippen molar-refractivity contribution in [3.8, 4) is 16.9 Å². The molecule has 2 heterocycles. The largest absolute Gasteiger partial charge is 0.496 e. The molecule has 1 aliphatic rings. The Hall–Kier alpha value is -2.14. The Kier molecular flexibility index (Phi) is 5.08. The van der Waals surface area contributed by atoms with E-state index in [1.54, 1.807) is 25.6 Å². The lowest BCUT2D eigenvalue weighted by Crippen LogP contribution is -2.24. The van der Waals surface area contributed by atoms with Gasteiger partial charge in [0.2, 0.25) is 0 Å². The number of pyridine rings is 1. The summed E-state index contributed by atoms with van der Waals surface area (Å²) in [6.07, 6.45) is 5.80. The zero-order valence-electron chi connectivity index (χ0n) is 13.2. The molecule has 1 aliphatic heterocycles. The van der Waals surface area contributed by atoms with Crippen molar-refractivity contribution in [2.45, 2.75) is 12.8 Å². The van der Waals surface area contributed by atoms with Crippen molar-refractivity contribution in [3.63, 3.8) is 0 Å². The molecule has 1 aromatic heterocycles. The van der Waals surface area contributed by atoms with E-state index in [9.17, 15) is 4.39 Å². The van der Waals surface area contributed by atoms with E-state index in [-0.39, 0.29) is 5.82 Å². The normalized spacial score (nSPS) is 17.7. The molecule has 0 bridgehead atoms. The van der Waals surface area contributed by atoms with E-state index in [0.717, 1.165) is 43.0 Å². The number of halogens is 1. The maximum absolute atomic E-state index is 13.4. The van der Waals surface area contributed by atoms with Crippen LogP contribution in [0.15, 0.2) is 36.7 Å². The third kappa shape index (κ3) is 3.79. The van der Waals surface area contributed by atoms with Gasteiger partial charge in [-0.3, -0.25) is 4.98 Å². The molecule has 122 valence electrons. The molecule has 2 aromatic rings. The van der Waals surface area contributed by atoms with E-state index in [2.05, 4.69) is 10.3 Å². The summed E-state index contributed by atoms with van der Waals surface area (Å²) < 4.78 is 24.3. The smallest absolute Gasteiger partial charge is 0.129 e. The molecule has 0 aliphatic carbocycles. The number of methoxy groups -OCH3 is 1. The lowest BCUT2D eigenvalue weighted by Gasteiger charge is -2.23. The highest BCUT2D eigenvalue weighted by Crippen LogP contribution is 2.35. The van der Waals surface area contributed by atoms with Crippen molar-refractivity contribution in [3.05, 3.63) is 42.5 Å². The van der Waals surface area contributed by atoms with Crippen molar-refractivity contribution in [1.29, 1.82) is 0 Å². The molecule has 1 saturated heterocycles. The van der Waals surface area contributed by atoms with E-state index in [1.165, 1.54) is 18.6 Å². The monoisotopic (exact) mass is 316 g/mol. The highest BCUT2D eigenvalue weighted by Gasteiger charge is 2.16. The van der Waals surface area contributed by atoms with Crippen LogP contribution in [-0.2, 0) is 4.74 Å². The Morgan fingerprint density at radius 3 is 3.04 bits per heavy atom. The van der Waals surface area contributed by atoms with Crippen molar-refractivity contribution in [2.75, 3.05) is 32.2 Å². The molecule has 0 amide bonds. The summed E-state index contributed by atoms with van der Waals surface area (Å²) in [4.78, 5) is 4.20. The number of hydrogen-bond acceptors (Lipinski definition) is 4. The minimum absolute atomic E-state index is 0.312. The number of anilines is 1. The van der Waals surface area contributed by atoms with Gasteiger partial charge in [-0.15, -0.1) is 0 Å². The molecule has 23 heavy (non-hydrogen) atoms. The number of ether oxygens (including phenoxy) is 2. The Balaban J connectivity index is 1.83. The molecule has 1 aromatic carbocycles. The van der Waals surface area contributed by atoms with Crippen molar-refractivity contribution in [2.24, 2.45) is 5.92 Å². The molecule has 3 rings (SSSR count).